The van der Waals surface area contributed by atoms with Crippen molar-refractivity contribution in [3.63, 3.8) is 0 Å². The number of ketones is 1. The number of allylic oxidation sites excluding steroid dienone is 1. The van der Waals surface area contributed by atoms with Crippen LogP contribution < -0.4 is 5.56 Å². The molecule has 0 spiro atoms. The molecule has 0 saturated carbocycles. The number of carbonyl (C=O) groups excluding carboxylic acids is 1. The largest absolute Gasteiger partial charge is 0.321 e. The number of nitrogens with zero attached hydrogens (tertiary/aromatic N) is 1. The molecule has 1 N–H and O–H groups in total. The van der Waals surface area contributed by atoms with Crippen LogP contribution >= 0.6 is 15.9 Å². The number of aromatic nitrogens is 2. The molecule has 4 nitrogen and oxygen atoms in total. The second-order valence-corrected chi connectivity index (χ2v) is 7.16. The van der Waals surface area contributed by atoms with Gasteiger partial charge in [0.15, 0.2) is 5.78 Å². The Bertz CT molecular complexity index is 1250. The number of carbonyl (C=O) groups is 1. The third kappa shape index (κ3) is 3.57. The Kier molecular flexibility index (Phi) is 5.00. The summed E-state index contributed by atoms with van der Waals surface area (Å²) in [6.45, 7) is 0. The van der Waals surface area contributed by atoms with Gasteiger partial charge in [-0.2, -0.15) is 0 Å². The van der Waals surface area contributed by atoms with Crippen LogP contribution in [0.3, 0.4) is 0 Å². The molecule has 2 aromatic carbocycles. The van der Waals surface area contributed by atoms with Crippen LogP contribution in [0, 0.1) is 0 Å². The zero-order valence-corrected chi connectivity index (χ0v) is 16.3. The lowest BCUT2D eigenvalue weighted by molar-refractivity contribution is 0.104. The highest BCUT2D eigenvalue weighted by Gasteiger charge is 2.19. The molecule has 28 heavy (non-hydrogen) atoms. The van der Waals surface area contributed by atoms with E-state index in [0.717, 1.165) is 15.4 Å². The number of pyridine rings is 2. The summed E-state index contributed by atoms with van der Waals surface area (Å²) in [5.41, 5.74) is 2.53. The fourth-order valence-corrected chi connectivity index (χ4v) is 3.49. The summed E-state index contributed by atoms with van der Waals surface area (Å²) in [6.07, 6.45) is 6.46. The van der Waals surface area contributed by atoms with Crippen LogP contribution in [0.15, 0.2) is 88.4 Å². The highest BCUT2D eigenvalue weighted by Crippen LogP contribution is 2.31. The van der Waals surface area contributed by atoms with Gasteiger partial charge in [0, 0.05) is 38.9 Å². The van der Waals surface area contributed by atoms with Crippen molar-refractivity contribution in [2.24, 2.45) is 0 Å². The monoisotopic (exact) mass is 430 g/mol. The Morgan fingerprint density at radius 3 is 2.61 bits per heavy atom. The van der Waals surface area contributed by atoms with Gasteiger partial charge in [0.1, 0.15) is 0 Å². The normalized spacial score (nSPS) is 11.2. The molecular weight excluding hydrogens is 416 g/mol. The smallest absolute Gasteiger partial charge is 0.260 e. The predicted octanol–water partition coefficient (Wildman–Crippen LogP) is 5.25. The van der Waals surface area contributed by atoms with Crippen LogP contribution in [0.2, 0.25) is 0 Å². The summed E-state index contributed by atoms with van der Waals surface area (Å²) in [4.78, 5) is 32.8. The van der Waals surface area contributed by atoms with Crippen molar-refractivity contribution in [2.75, 3.05) is 0 Å². The molecule has 0 atom stereocenters. The molecular formula is C23H15BrN2O2. The number of hydrogen-bond donors (Lipinski definition) is 1. The Balaban J connectivity index is 1.95. The Morgan fingerprint density at radius 1 is 1.04 bits per heavy atom. The zero-order valence-electron chi connectivity index (χ0n) is 14.7. The topological polar surface area (TPSA) is 62.8 Å². The molecule has 2 heterocycles. The van der Waals surface area contributed by atoms with Crippen molar-refractivity contribution in [1.82, 2.24) is 9.97 Å². The SMILES string of the molecule is O=C(C=Cc1ccccc1)c1c(-c2cccnc2)c2cc(Br)ccc2[nH]c1=O. The number of hydrogen-bond acceptors (Lipinski definition) is 3. The molecule has 0 fully saturated rings. The van der Waals surface area contributed by atoms with Crippen LogP contribution in [0.5, 0.6) is 0 Å². The standard InChI is InChI=1S/C23H15BrN2O2/c24-17-9-10-19-18(13-17)21(16-7-4-12-25-14-16)22(23(28)26-19)20(27)11-8-15-5-2-1-3-6-15/h1-14H,(H,26,28). The van der Waals surface area contributed by atoms with Gasteiger partial charge in [-0.3, -0.25) is 14.6 Å². The number of aromatic amines is 1. The lowest BCUT2D eigenvalue weighted by Crippen LogP contribution is -2.18. The maximum Gasteiger partial charge on any atom is 0.260 e. The van der Waals surface area contributed by atoms with Gasteiger partial charge in [0.2, 0.25) is 0 Å². The maximum absolute atomic E-state index is 13.0. The molecule has 0 aliphatic heterocycles. The second kappa shape index (κ2) is 7.74. The predicted molar refractivity (Wildman–Crippen MR) is 115 cm³/mol. The van der Waals surface area contributed by atoms with Crippen LogP contribution in [-0.2, 0) is 0 Å². The van der Waals surface area contributed by atoms with E-state index in [1.165, 1.54) is 6.08 Å². The lowest BCUT2D eigenvalue weighted by Gasteiger charge is -2.11. The first-order valence-electron chi connectivity index (χ1n) is 8.67. The van der Waals surface area contributed by atoms with Crippen molar-refractivity contribution in [2.45, 2.75) is 0 Å². The van der Waals surface area contributed by atoms with Gasteiger partial charge in [-0.25, -0.2) is 0 Å². The fraction of sp³-hybridized carbons (Fsp3) is 0. The summed E-state index contributed by atoms with van der Waals surface area (Å²) in [7, 11) is 0. The molecule has 0 saturated heterocycles. The van der Waals surface area contributed by atoms with Gasteiger partial charge >= 0.3 is 0 Å². The van der Waals surface area contributed by atoms with E-state index < -0.39 is 5.56 Å². The fourth-order valence-electron chi connectivity index (χ4n) is 3.13. The first-order chi connectivity index (χ1) is 13.6. The maximum atomic E-state index is 13.0. The van der Waals surface area contributed by atoms with Crippen molar-refractivity contribution in [3.8, 4) is 11.1 Å². The van der Waals surface area contributed by atoms with Gasteiger partial charge in [-0.05, 0) is 35.9 Å². The number of rotatable bonds is 4. The average molecular weight is 431 g/mol. The number of halogens is 1. The Hall–Kier alpha value is -3.31. The van der Waals surface area contributed by atoms with Crippen molar-refractivity contribution >= 4 is 38.7 Å². The van der Waals surface area contributed by atoms with Gasteiger partial charge in [-0.15, -0.1) is 0 Å². The second-order valence-electron chi connectivity index (χ2n) is 6.24. The van der Waals surface area contributed by atoms with E-state index in [1.54, 1.807) is 24.5 Å². The van der Waals surface area contributed by atoms with Crippen LogP contribution in [0.25, 0.3) is 28.1 Å². The van der Waals surface area contributed by atoms with Crippen molar-refractivity contribution < 1.29 is 4.79 Å². The Morgan fingerprint density at radius 2 is 1.86 bits per heavy atom. The molecule has 5 heteroatoms. The van der Waals surface area contributed by atoms with E-state index in [4.69, 9.17) is 0 Å². The quantitative estimate of drug-likeness (QED) is 0.355. The van der Waals surface area contributed by atoms with E-state index in [-0.39, 0.29) is 11.3 Å². The van der Waals surface area contributed by atoms with E-state index in [1.807, 2.05) is 54.6 Å². The highest BCUT2D eigenvalue weighted by atomic mass is 79.9. The van der Waals surface area contributed by atoms with E-state index >= 15 is 0 Å². The number of fused-ring (bicyclic) bond motifs is 1. The molecule has 2 aromatic heterocycles. The minimum atomic E-state index is -0.420. The Labute approximate surface area is 169 Å². The summed E-state index contributed by atoms with van der Waals surface area (Å²) in [5.74, 6) is -0.356. The molecule has 4 rings (SSSR count). The van der Waals surface area contributed by atoms with E-state index in [2.05, 4.69) is 25.9 Å². The third-order valence-electron chi connectivity index (χ3n) is 4.40. The first kappa shape index (κ1) is 18.1. The van der Waals surface area contributed by atoms with Crippen LogP contribution in [0.1, 0.15) is 15.9 Å². The molecule has 0 aliphatic carbocycles. The van der Waals surface area contributed by atoms with E-state index in [9.17, 15) is 9.59 Å². The summed E-state index contributed by atoms with van der Waals surface area (Å²) in [6, 6.07) is 18.7. The molecule has 4 aromatic rings. The molecule has 0 radical (unpaired) electrons. The minimum Gasteiger partial charge on any atom is -0.321 e. The lowest BCUT2D eigenvalue weighted by atomic mass is 9.95. The number of H-pyrrole nitrogens is 1. The molecule has 0 unspecified atom stereocenters. The summed E-state index contributed by atoms with van der Waals surface area (Å²) >= 11 is 3.47. The van der Waals surface area contributed by atoms with Crippen molar-refractivity contribution in [3.05, 3.63) is 105 Å². The zero-order chi connectivity index (χ0) is 19.5. The molecule has 0 aliphatic rings. The summed E-state index contributed by atoms with van der Waals surface area (Å²) < 4.78 is 0.857. The third-order valence-corrected chi connectivity index (χ3v) is 4.89. The average Bonchev–Trinajstić information content (AvgIpc) is 2.73. The number of benzene rings is 2. The summed E-state index contributed by atoms with van der Waals surface area (Å²) in [5, 5.41) is 0.776. The number of nitrogens with one attached hydrogen (secondary N) is 1. The molecule has 136 valence electrons. The van der Waals surface area contributed by atoms with Gasteiger partial charge < -0.3 is 4.98 Å². The highest BCUT2D eigenvalue weighted by molar-refractivity contribution is 9.10. The van der Waals surface area contributed by atoms with Gasteiger partial charge in [-0.1, -0.05) is 58.4 Å². The van der Waals surface area contributed by atoms with Crippen LogP contribution in [-0.4, -0.2) is 15.8 Å². The van der Waals surface area contributed by atoms with Crippen LogP contribution in [0.4, 0.5) is 0 Å². The minimum absolute atomic E-state index is 0.103. The molecule has 0 amide bonds. The molecule has 0 bridgehead atoms. The van der Waals surface area contributed by atoms with E-state index in [0.29, 0.717) is 16.6 Å². The first-order valence-corrected chi connectivity index (χ1v) is 9.46. The van der Waals surface area contributed by atoms with Gasteiger partial charge in [0.05, 0.1) is 5.56 Å². The van der Waals surface area contributed by atoms with Crippen molar-refractivity contribution in [1.29, 1.82) is 0 Å². The van der Waals surface area contributed by atoms with Gasteiger partial charge in [0.25, 0.3) is 5.56 Å².